The van der Waals surface area contributed by atoms with Crippen LogP contribution in [0.4, 0.5) is 0 Å². The summed E-state index contributed by atoms with van der Waals surface area (Å²) >= 11 is 0. The number of aromatic nitrogens is 2. The van der Waals surface area contributed by atoms with E-state index in [1.165, 1.54) is 11.1 Å². The van der Waals surface area contributed by atoms with E-state index in [0.717, 1.165) is 10.9 Å². The fourth-order valence-electron chi connectivity index (χ4n) is 4.75. The summed E-state index contributed by atoms with van der Waals surface area (Å²) in [6.07, 6.45) is 2.06. The van der Waals surface area contributed by atoms with Gasteiger partial charge in [-0.05, 0) is 36.6 Å². The highest BCUT2D eigenvalue weighted by atomic mass is 16.5. The molecular weight excluding hydrogens is 436 g/mol. The van der Waals surface area contributed by atoms with E-state index in [4.69, 9.17) is 10.5 Å². The number of rotatable bonds is 8. The molecule has 3 heterocycles. The van der Waals surface area contributed by atoms with Crippen LogP contribution in [-0.4, -0.2) is 52.2 Å². The fraction of sp³-hybridized carbons (Fsp3) is 0.360. The predicted octanol–water partition coefficient (Wildman–Crippen LogP) is 2.02. The average molecular weight is 465 g/mol. The van der Waals surface area contributed by atoms with E-state index in [-0.39, 0.29) is 36.0 Å². The van der Waals surface area contributed by atoms with E-state index in [9.17, 15) is 19.2 Å². The highest BCUT2D eigenvalue weighted by molar-refractivity contribution is 6.02. The van der Waals surface area contributed by atoms with Gasteiger partial charge < -0.3 is 25.3 Å². The zero-order valence-corrected chi connectivity index (χ0v) is 19.2. The van der Waals surface area contributed by atoms with Crippen molar-refractivity contribution in [2.45, 2.75) is 32.2 Å². The number of ketones is 1. The van der Waals surface area contributed by atoms with Crippen LogP contribution in [0.25, 0.3) is 10.9 Å². The molecule has 2 amide bonds. The first-order valence-corrected chi connectivity index (χ1v) is 11.2. The number of benzene rings is 1. The van der Waals surface area contributed by atoms with Crippen molar-refractivity contribution >= 4 is 28.5 Å². The number of likely N-dealkylation sites (tertiary alicyclic amines) is 1. The molecule has 1 aliphatic heterocycles. The number of primary amides is 1. The zero-order chi connectivity index (χ0) is 24.4. The van der Waals surface area contributed by atoms with Crippen molar-refractivity contribution in [2.24, 2.45) is 17.6 Å². The summed E-state index contributed by atoms with van der Waals surface area (Å²) in [4.78, 5) is 58.0. The largest absolute Gasteiger partial charge is 0.496 e. The summed E-state index contributed by atoms with van der Waals surface area (Å²) in [6.45, 7) is 2.31. The van der Waals surface area contributed by atoms with Crippen LogP contribution in [0.2, 0.25) is 0 Å². The summed E-state index contributed by atoms with van der Waals surface area (Å²) < 4.78 is 5.36. The molecule has 4 rings (SSSR count). The molecule has 9 nitrogen and oxygen atoms in total. The lowest BCUT2D eigenvalue weighted by atomic mass is 9.84. The standard InChI is InChI=1S/C25H28N4O5/c1-14-9-16(11-21(30)19-12-17-18(28-19)6-3-7-22(17)34-2)25(33)29(13-14)20(23(26)31)10-15-5-4-8-27-24(15)32/h3-8,12,14,16,20,28H,9-11,13H2,1-2H3,(H2,26,31)(H,27,32)/t14?,16-,20?/m1/s1. The van der Waals surface area contributed by atoms with Gasteiger partial charge in [0.15, 0.2) is 5.78 Å². The van der Waals surface area contributed by atoms with Crippen LogP contribution in [0.15, 0.2) is 47.4 Å². The lowest BCUT2D eigenvalue weighted by Gasteiger charge is -2.39. The number of methoxy groups -OCH3 is 1. The number of nitrogens with one attached hydrogen (secondary N) is 2. The van der Waals surface area contributed by atoms with Crippen LogP contribution in [0.1, 0.15) is 35.8 Å². The summed E-state index contributed by atoms with van der Waals surface area (Å²) in [6, 6.07) is 9.54. The molecule has 0 bridgehead atoms. The average Bonchev–Trinajstić information content (AvgIpc) is 3.25. The van der Waals surface area contributed by atoms with Crippen LogP contribution in [-0.2, 0) is 16.0 Å². The Bertz CT molecular complexity index is 1290. The molecule has 34 heavy (non-hydrogen) atoms. The van der Waals surface area contributed by atoms with Gasteiger partial charge in [0.25, 0.3) is 5.56 Å². The fourth-order valence-corrected chi connectivity index (χ4v) is 4.75. The summed E-state index contributed by atoms with van der Waals surface area (Å²) in [5, 5.41) is 0.792. The monoisotopic (exact) mass is 464 g/mol. The van der Waals surface area contributed by atoms with Gasteiger partial charge in [-0.1, -0.05) is 19.1 Å². The molecule has 0 spiro atoms. The Labute approximate surface area is 196 Å². The van der Waals surface area contributed by atoms with Crippen LogP contribution < -0.4 is 16.0 Å². The van der Waals surface area contributed by atoms with Gasteiger partial charge in [0.1, 0.15) is 11.8 Å². The maximum Gasteiger partial charge on any atom is 0.251 e. The van der Waals surface area contributed by atoms with E-state index in [2.05, 4.69) is 9.97 Å². The van der Waals surface area contributed by atoms with Crippen molar-refractivity contribution in [3.8, 4) is 5.75 Å². The number of hydrogen-bond acceptors (Lipinski definition) is 5. The number of carbonyl (C=O) groups is 3. The van der Waals surface area contributed by atoms with Crippen LogP contribution >= 0.6 is 0 Å². The number of Topliss-reactive ketones (excluding diaryl/α,β-unsaturated/α-hetero) is 1. The third-order valence-electron chi connectivity index (χ3n) is 6.42. The smallest absolute Gasteiger partial charge is 0.251 e. The first-order valence-electron chi connectivity index (χ1n) is 11.2. The molecule has 9 heteroatoms. The number of hydrogen-bond donors (Lipinski definition) is 3. The van der Waals surface area contributed by atoms with Crippen LogP contribution in [0.3, 0.4) is 0 Å². The normalized spacial score (nSPS) is 19.2. The number of ether oxygens (including phenoxy) is 1. The lowest BCUT2D eigenvalue weighted by molar-refractivity contribution is -0.147. The molecule has 2 aromatic heterocycles. The highest BCUT2D eigenvalue weighted by Gasteiger charge is 2.39. The van der Waals surface area contributed by atoms with Crippen molar-refractivity contribution in [3.63, 3.8) is 0 Å². The quantitative estimate of drug-likeness (QED) is 0.438. The Morgan fingerprint density at radius 3 is 2.74 bits per heavy atom. The maximum absolute atomic E-state index is 13.4. The van der Waals surface area contributed by atoms with E-state index >= 15 is 0 Å². The number of nitrogens with two attached hydrogens (primary N) is 1. The van der Waals surface area contributed by atoms with Gasteiger partial charge in [0.05, 0.1) is 12.8 Å². The first kappa shape index (κ1) is 23.3. The number of fused-ring (bicyclic) bond motifs is 1. The minimum atomic E-state index is -0.964. The molecule has 0 saturated carbocycles. The molecule has 178 valence electrons. The van der Waals surface area contributed by atoms with Gasteiger partial charge in [0.2, 0.25) is 11.8 Å². The minimum absolute atomic E-state index is 0.00616. The van der Waals surface area contributed by atoms with E-state index in [1.54, 1.807) is 25.3 Å². The van der Waals surface area contributed by atoms with Gasteiger partial charge >= 0.3 is 0 Å². The third kappa shape index (κ3) is 4.59. The number of H-pyrrole nitrogens is 2. The Morgan fingerprint density at radius 2 is 2.03 bits per heavy atom. The Morgan fingerprint density at radius 1 is 1.24 bits per heavy atom. The van der Waals surface area contributed by atoms with Crippen molar-refractivity contribution in [1.82, 2.24) is 14.9 Å². The molecule has 1 fully saturated rings. The summed E-state index contributed by atoms with van der Waals surface area (Å²) in [7, 11) is 1.57. The lowest BCUT2D eigenvalue weighted by Crippen LogP contribution is -2.55. The molecule has 3 aromatic rings. The number of piperidine rings is 1. The Hall–Kier alpha value is -3.88. The number of aromatic amines is 2. The predicted molar refractivity (Wildman–Crippen MR) is 127 cm³/mol. The summed E-state index contributed by atoms with van der Waals surface area (Å²) in [5.74, 6) is -1.04. The highest BCUT2D eigenvalue weighted by Crippen LogP contribution is 2.31. The van der Waals surface area contributed by atoms with Gasteiger partial charge in [-0.3, -0.25) is 19.2 Å². The van der Waals surface area contributed by atoms with Crippen molar-refractivity contribution in [3.05, 3.63) is 64.2 Å². The van der Waals surface area contributed by atoms with Gasteiger partial charge in [-0.2, -0.15) is 0 Å². The molecule has 1 saturated heterocycles. The number of amides is 2. The zero-order valence-electron chi connectivity index (χ0n) is 19.2. The number of pyridine rings is 1. The van der Waals surface area contributed by atoms with E-state index < -0.39 is 17.9 Å². The Balaban J connectivity index is 1.55. The Kier molecular flexibility index (Phi) is 6.54. The molecule has 4 N–H and O–H groups in total. The van der Waals surface area contributed by atoms with E-state index in [0.29, 0.717) is 30.0 Å². The van der Waals surface area contributed by atoms with Crippen molar-refractivity contribution in [1.29, 1.82) is 0 Å². The maximum atomic E-state index is 13.4. The van der Waals surface area contributed by atoms with Crippen molar-refractivity contribution in [2.75, 3.05) is 13.7 Å². The van der Waals surface area contributed by atoms with Gasteiger partial charge in [0, 0.05) is 48.0 Å². The molecule has 1 aliphatic rings. The first-order chi connectivity index (χ1) is 16.3. The second-order valence-corrected chi connectivity index (χ2v) is 8.91. The van der Waals surface area contributed by atoms with Crippen LogP contribution in [0, 0.1) is 11.8 Å². The van der Waals surface area contributed by atoms with Crippen molar-refractivity contribution < 1.29 is 19.1 Å². The molecule has 0 aliphatic carbocycles. The number of nitrogens with zero attached hydrogens (tertiary/aromatic N) is 1. The topological polar surface area (TPSA) is 138 Å². The summed E-state index contributed by atoms with van der Waals surface area (Å²) in [5.41, 5.74) is 6.87. The molecule has 0 radical (unpaired) electrons. The second-order valence-electron chi connectivity index (χ2n) is 8.91. The van der Waals surface area contributed by atoms with E-state index in [1.807, 2.05) is 25.1 Å². The second kappa shape index (κ2) is 9.54. The molecule has 3 atom stereocenters. The minimum Gasteiger partial charge on any atom is -0.496 e. The van der Waals surface area contributed by atoms with Gasteiger partial charge in [-0.15, -0.1) is 0 Å². The SMILES string of the molecule is COc1cccc2[nH]c(C(=O)C[C@H]3CC(C)CN(C(Cc4ccc[nH]c4=O)C(N)=O)C3=O)cc12. The van der Waals surface area contributed by atoms with Gasteiger partial charge in [-0.25, -0.2) is 0 Å². The molecular formula is C25H28N4O5. The van der Waals surface area contributed by atoms with Crippen LogP contribution in [0.5, 0.6) is 5.75 Å². The third-order valence-corrected chi connectivity index (χ3v) is 6.42. The number of carbonyl (C=O) groups excluding carboxylic acids is 3. The molecule has 2 unspecified atom stereocenters. The molecule has 1 aromatic carbocycles.